The van der Waals surface area contributed by atoms with Crippen LogP contribution in [-0.4, -0.2) is 39.2 Å². The molecule has 0 unspecified atom stereocenters. The molecule has 1 aliphatic heterocycles. The normalized spacial score (nSPS) is 14.4. The highest BCUT2D eigenvalue weighted by atomic mass is 16.5. The molecule has 30 heavy (non-hydrogen) atoms. The van der Waals surface area contributed by atoms with Crippen LogP contribution in [0.1, 0.15) is 25.4 Å². The molecule has 0 radical (unpaired) electrons. The predicted octanol–water partition coefficient (Wildman–Crippen LogP) is 4.70. The fourth-order valence-electron chi connectivity index (χ4n) is 3.60. The summed E-state index contributed by atoms with van der Waals surface area (Å²) in [5.74, 6) is 2.41. The Labute approximate surface area is 177 Å². The van der Waals surface area contributed by atoms with Crippen LogP contribution in [0.25, 0.3) is 0 Å². The van der Waals surface area contributed by atoms with Crippen LogP contribution in [0.15, 0.2) is 60.9 Å². The number of urea groups is 1. The lowest BCUT2D eigenvalue weighted by Crippen LogP contribution is -2.41. The summed E-state index contributed by atoms with van der Waals surface area (Å²) < 4.78 is 5.89. The lowest BCUT2D eigenvalue weighted by Gasteiger charge is -2.32. The van der Waals surface area contributed by atoms with E-state index in [1.807, 2.05) is 36.1 Å². The first-order valence-electron chi connectivity index (χ1n) is 10.2. The molecule has 0 spiro atoms. The smallest absolute Gasteiger partial charge is 0.323 e. The van der Waals surface area contributed by atoms with Crippen molar-refractivity contribution >= 4 is 11.8 Å². The van der Waals surface area contributed by atoms with E-state index in [-0.39, 0.29) is 7.46 Å². The third kappa shape index (κ3) is 5.31. The maximum Gasteiger partial charge on any atom is 0.323 e. The molecule has 2 amide bonds. The number of hydrogen-bond acceptors (Lipinski definition) is 5. The number of nitrogens with one attached hydrogen (secondary N) is 1. The quantitative estimate of drug-likeness (QED) is 0.665. The van der Waals surface area contributed by atoms with Gasteiger partial charge in [0.25, 0.3) is 0 Å². The number of piperidine rings is 1. The molecule has 0 atom stereocenters. The summed E-state index contributed by atoms with van der Waals surface area (Å²) in [4.78, 5) is 18.5. The van der Waals surface area contributed by atoms with Gasteiger partial charge in [-0.15, -0.1) is 5.10 Å². The minimum Gasteiger partial charge on any atom is -0.439 e. The van der Waals surface area contributed by atoms with Gasteiger partial charge in [0.2, 0.25) is 5.88 Å². The number of pyridine rings is 1. The molecular weight excluding hydrogens is 378 g/mol. The summed E-state index contributed by atoms with van der Waals surface area (Å²) in [5.41, 5.74) is 2.34. The van der Waals surface area contributed by atoms with Crippen LogP contribution in [0.4, 0.5) is 10.6 Å². The van der Waals surface area contributed by atoms with Crippen molar-refractivity contribution in [3.8, 4) is 11.6 Å². The van der Waals surface area contributed by atoms with E-state index in [1.165, 1.54) is 5.56 Å². The molecule has 1 fully saturated rings. The number of carbonyl (C=O) groups excluding carboxylic acids is 1. The van der Waals surface area contributed by atoms with Gasteiger partial charge in [0.1, 0.15) is 5.75 Å². The summed E-state index contributed by atoms with van der Waals surface area (Å²) in [7, 11) is 0. The second-order valence-corrected chi connectivity index (χ2v) is 7.60. The van der Waals surface area contributed by atoms with Crippen LogP contribution in [0.2, 0.25) is 0 Å². The van der Waals surface area contributed by atoms with E-state index < -0.39 is 0 Å². The highest BCUT2D eigenvalue weighted by Gasteiger charge is 2.23. The molecule has 0 bridgehead atoms. The van der Waals surface area contributed by atoms with E-state index in [4.69, 9.17) is 4.74 Å². The second kappa shape index (κ2) is 9.35. The highest BCUT2D eigenvalue weighted by Crippen LogP contribution is 2.26. The number of nitrogens with zero attached hydrogens (tertiary/aromatic N) is 4. The zero-order valence-corrected chi connectivity index (χ0v) is 17.0. The van der Waals surface area contributed by atoms with Gasteiger partial charge in [0.05, 0.1) is 0 Å². The lowest BCUT2D eigenvalue weighted by atomic mass is 9.90. The van der Waals surface area contributed by atoms with Gasteiger partial charge < -0.3 is 9.64 Å². The Balaban J connectivity index is 0.00000272. The molecule has 0 saturated carbocycles. The Hall–Kier alpha value is -3.48. The molecule has 4 rings (SSSR count). The Morgan fingerprint density at radius 3 is 2.80 bits per heavy atom. The number of benzene rings is 1. The monoisotopic (exact) mass is 405 g/mol. The van der Waals surface area contributed by atoms with E-state index in [9.17, 15) is 4.79 Å². The third-order valence-electron chi connectivity index (χ3n) is 5.24. The number of ether oxygens (including phenoxy) is 1. The first-order chi connectivity index (χ1) is 14.7. The summed E-state index contributed by atoms with van der Waals surface area (Å²) in [5, 5.41) is 10.5. The Bertz CT molecular complexity index is 977. The highest BCUT2D eigenvalue weighted by molar-refractivity contribution is 5.88. The van der Waals surface area contributed by atoms with Crippen molar-refractivity contribution in [2.24, 2.45) is 5.92 Å². The van der Waals surface area contributed by atoms with E-state index in [2.05, 4.69) is 32.6 Å². The van der Waals surface area contributed by atoms with Crippen LogP contribution in [0, 0.1) is 12.8 Å². The number of aryl methyl sites for hydroxylation is 1. The van der Waals surface area contributed by atoms with Gasteiger partial charge in [-0.25, -0.2) is 9.78 Å². The van der Waals surface area contributed by atoms with Crippen molar-refractivity contribution in [2.45, 2.75) is 26.2 Å². The van der Waals surface area contributed by atoms with Crippen molar-refractivity contribution in [1.29, 1.82) is 0 Å². The lowest BCUT2D eigenvalue weighted by molar-refractivity contribution is 0.182. The van der Waals surface area contributed by atoms with E-state index in [0.29, 0.717) is 17.6 Å². The molecule has 2 aromatic heterocycles. The fourth-order valence-corrected chi connectivity index (χ4v) is 3.60. The summed E-state index contributed by atoms with van der Waals surface area (Å²) >= 11 is 0. The molecular formula is C23H27N5O2. The fraction of sp³-hybridized carbons (Fsp3) is 0.304. The third-order valence-corrected chi connectivity index (χ3v) is 5.24. The minimum absolute atomic E-state index is 0. The van der Waals surface area contributed by atoms with Crippen LogP contribution in [-0.2, 0) is 6.42 Å². The van der Waals surface area contributed by atoms with Gasteiger partial charge in [0.15, 0.2) is 5.82 Å². The molecule has 1 aliphatic rings. The minimum atomic E-state index is -0.116. The van der Waals surface area contributed by atoms with Crippen LogP contribution >= 0.6 is 0 Å². The average Bonchev–Trinajstić information content (AvgIpc) is 2.77. The topological polar surface area (TPSA) is 80.2 Å². The molecule has 3 aromatic rings. The standard InChI is InChI=1S/C23H25N5O2.H2/c1-17-7-8-22(24-16-17)30-20-5-2-4-19(15-20)14-18-9-12-28(13-10-18)23(29)26-21-6-3-11-25-27-21;/h2-8,11,15-16,18H,9-10,12-14H2,1H3,(H,26,27,29);1H. The van der Waals surface area contributed by atoms with Gasteiger partial charge in [-0.2, -0.15) is 5.10 Å². The van der Waals surface area contributed by atoms with Crippen molar-refractivity contribution in [3.05, 3.63) is 72.1 Å². The Morgan fingerprint density at radius 1 is 1.20 bits per heavy atom. The SMILES string of the molecule is Cc1ccc(Oc2cccc(CC3CCN(C(=O)Nc4cccnn4)CC3)c2)nc1.[HH]. The van der Waals surface area contributed by atoms with Crippen molar-refractivity contribution < 1.29 is 11.0 Å². The molecule has 7 nitrogen and oxygen atoms in total. The van der Waals surface area contributed by atoms with Crippen LogP contribution in [0.5, 0.6) is 11.6 Å². The summed E-state index contributed by atoms with van der Waals surface area (Å²) in [6.07, 6.45) is 6.29. The number of carbonyl (C=O) groups is 1. The summed E-state index contributed by atoms with van der Waals surface area (Å²) in [6, 6.07) is 15.4. The maximum atomic E-state index is 12.4. The Morgan fingerprint density at radius 2 is 2.07 bits per heavy atom. The summed E-state index contributed by atoms with van der Waals surface area (Å²) in [6.45, 7) is 3.47. The number of amides is 2. The molecule has 0 aliphatic carbocycles. The molecule has 1 saturated heterocycles. The molecule has 1 aromatic carbocycles. The van der Waals surface area contributed by atoms with Crippen molar-refractivity contribution in [3.63, 3.8) is 0 Å². The van der Waals surface area contributed by atoms with Gasteiger partial charge in [-0.05, 0) is 67.5 Å². The second-order valence-electron chi connectivity index (χ2n) is 7.60. The number of anilines is 1. The van der Waals surface area contributed by atoms with Gasteiger partial charge >= 0.3 is 6.03 Å². The zero-order chi connectivity index (χ0) is 20.8. The zero-order valence-electron chi connectivity index (χ0n) is 17.0. The van der Waals surface area contributed by atoms with Crippen LogP contribution < -0.4 is 10.1 Å². The molecule has 7 heteroatoms. The first-order valence-corrected chi connectivity index (χ1v) is 10.2. The largest absolute Gasteiger partial charge is 0.439 e. The maximum absolute atomic E-state index is 12.4. The molecule has 156 valence electrons. The van der Waals surface area contributed by atoms with Gasteiger partial charge in [-0.1, -0.05) is 18.2 Å². The number of rotatable bonds is 5. The number of hydrogen-bond donors (Lipinski definition) is 1. The van der Waals surface area contributed by atoms with Gasteiger partial charge in [-0.3, -0.25) is 5.32 Å². The first kappa shape index (κ1) is 19.8. The van der Waals surface area contributed by atoms with Crippen LogP contribution in [0.3, 0.4) is 0 Å². The van der Waals surface area contributed by atoms with Crippen molar-refractivity contribution in [1.82, 2.24) is 20.1 Å². The van der Waals surface area contributed by atoms with Gasteiger partial charge in [0, 0.05) is 33.0 Å². The van der Waals surface area contributed by atoms with E-state index >= 15 is 0 Å². The van der Waals surface area contributed by atoms with Crippen molar-refractivity contribution in [2.75, 3.05) is 18.4 Å². The van der Waals surface area contributed by atoms with E-state index in [1.54, 1.807) is 24.5 Å². The average molecular weight is 406 g/mol. The molecule has 3 heterocycles. The number of aromatic nitrogens is 3. The molecule has 1 N–H and O–H groups in total. The number of likely N-dealkylation sites (tertiary alicyclic amines) is 1. The Kier molecular flexibility index (Phi) is 6.17. The van der Waals surface area contributed by atoms with E-state index in [0.717, 1.165) is 43.7 Å². The predicted molar refractivity (Wildman–Crippen MR) is 117 cm³/mol.